The lowest BCUT2D eigenvalue weighted by Gasteiger charge is -2.35. The fourth-order valence-electron chi connectivity index (χ4n) is 6.69. The first-order valence-corrected chi connectivity index (χ1v) is 18.6. The second kappa shape index (κ2) is 20.4. The van der Waals surface area contributed by atoms with E-state index in [0.717, 1.165) is 33.5 Å². The van der Waals surface area contributed by atoms with E-state index in [9.17, 15) is 14.7 Å². The van der Waals surface area contributed by atoms with E-state index in [2.05, 4.69) is 34.1 Å². The third-order valence-corrected chi connectivity index (χ3v) is 9.41. The van der Waals surface area contributed by atoms with E-state index >= 15 is 0 Å². The predicted octanol–water partition coefficient (Wildman–Crippen LogP) is 3.70. The van der Waals surface area contributed by atoms with Crippen LogP contribution >= 0.6 is 0 Å². The molecule has 2 fully saturated rings. The number of hydrogen-bond acceptors (Lipinski definition) is 13. The molecule has 0 atom stereocenters. The largest absolute Gasteiger partial charge is 0.489 e. The maximum Gasteiger partial charge on any atom is 0.317 e. The van der Waals surface area contributed by atoms with Crippen LogP contribution in [0.3, 0.4) is 0 Å². The van der Waals surface area contributed by atoms with Gasteiger partial charge in [-0.1, -0.05) is 6.07 Å². The Morgan fingerprint density at radius 2 is 1.35 bits per heavy atom. The summed E-state index contributed by atoms with van der Waals surface area (Å²) in [6, 6.07) is 17.2. The van der Waals surface area contributed by atoms with Crippen molar-refractivity contribution in [1.29, 1.82) is 0 Å². The molecule has 2 aromatic rings. The Bertz CT molecular complexity index is 1790. The molecule has 0 spiro atoms. The van der Waals surface area contributed by atoms with Crippen molar-refractivity contribution in [1.82, 2.24) is 4.90 Å². The number of fused-ring (bicyclic) bond motifs is 2. The van der Waals surface area contributed by atoms with Crippen molar-refractivity contribution < 1.29 is 47.5 Å². The molecular weight excluding hydrogens is 698 g/mol. The lowest BCUT2D eigenvalue weighted by Crippen LogP contribution is -2.47. The molecule has 1 aliphatic carbocycles. The fourth-order valence-corrected chi connectivity index (χ4v) is 6.69. The zero-order chi connectivity index (χ0) is 37.5. The van der Waals surface area contributed by atoms with Crippen molar-refractivity contribution in [2.24, 2.45) is 0 Å². The molecule has 0 bridgehead atoms. The Balaban J connectivity index is 1.31. The maximum atomic E-state index is 12.6. The van der Waals surface area contributed by atoms with Gasteiger partial charge in [-0.05, 0) is 42.0 Å². The van der Waals surface area contributed by atoms with Crippen LogP contribution in [-0.4, -0.2) is 148 Å². The van der Waals surface area contributed by atoms with Crippen LogP contribution in [0.15, 0.2) is 63.8 Å². The number of carboxylic acid groups (broad SMARTS) is 1. The summed E-state index contributed by atoms with van der Waals surface area (Å²) in [5.41, 5.74) is 4.99. The molecule has 0 aromatic heterocycles. The molecule has 0 radical (unpaired) electrons. The zero-order valence-corrected chi connectivity index (χ0v) is 31.0. The lowest BCUT2D eigenvalue weighted by molar-refractivity contribution is -0.138. The molecule has 3 aliphatic heterocycles. The van der Waals surface area contributed by atoms with Crippen LogP contribution in [0.1, 0.15) is 0 Å². The third kappa shape index (κ3) is 10.9. The number of ether oxygens (including phenoxy) is 7. The van der Waals surface area contributed by atoms with Crippen LogP contribution in [0.25, 0.3) is 33.4 Å². The molecule has 4 aliphatic rings. The molecule has 0 unspecified atom stereocenters. The molecule has 2 saturated heterocycles. The zero-order valence-electron chi connectivity index (χ0n) is 31.0. The van der Waals surface area contributed by atoms with Crippen LogP contribution < -0.4 is 20.0 Å². The van der Waals surface area contributed by atoms with Crippen LogP contribution in [-0.2, 0) is 33.2 Å². The van der Waals surface area contributed by atoms with E-state index < -0.39 is 5.97 Å². The van der Waals surface area contributed by atoms with Gasteiger partial charge in [0, 0.05) is 80.7 Å². The number of rotatable bonds is 9. The summed E-state index contributed by atoms with van der Waals surface area (Å²) in [7, 11) is 1.64. The highest BCUT2D eigenvalue weighted by Gasteiger charge is 2.23. The van der Waals surface area contributed by atoms with E-state index in [1.807, 2.05) is 23.1 Å². The van der Waals surface area contributed by atoms with Gasteiger partial charge < -0.3 is 52.5 Å². The van der Waals surface area contributed by atoms with E-state index in [-0.39, 0.29) is 12.0 Å². The Morgan fingerprint density at radius 3 is 1.98 bits per heavy atom. The van der Waals surface area contributed by atoms with Gasteiger partial charge >= 0.3 is 5.97 Å². The van der Waals surface area contributed by atoms with E-state index in [4.69, 9.17) is 37.6 Å². The highest BCUT2D eigenvalue weighted by Crippen LogP contribution is 2.43. The minimum Gasteiger partial charge on any atom is -0.489 e. The Morgan fingerprint density at radius 1 is 0.704 bits per heavy atom. The molecule has 0 amide bonds. The first-order chi connectivity index (χ1) is 26.5. The molecule has 1 N–H and O–H groups in total. The van der Waals surface area contributed by atoms with E-state index in [1.165, 1.54) is 6.07 Å². The van der Waals surface area contributed by atoms with E-state index in [0.29, 0.717) is 136 Å². The van der Waals surface area contributed by atoms with Crippen LogP contribution in [0.5, 0.6) is 5.75 Å². The lowest BCUT2D eigenvalue weighted by atomic mass is 9.93. The van der Waals surface area contributed by atoms with Gasteiger partial charge in [-0.15, -0.1) is 0 Å². The number of aliphatic carboxylic acids is 1. The number of piperazine rings is 1. The third-order valence-electron chi connectivity index (χ3n) is 9.41. The summed E-state index contributed by atoms with van der Waals surface area (Å²) in [6.45, 7) is 9.54. The molecular formula is C40H51N3O11. The number of carbonyl (C=O) groups is 1. The Labute approximate surface area is 315 Å². The van der Waals surface area contributed by atoms with Gasteiger partial charge in [0.25, 0.3) is 0 Å². The summed E-state index contributed by atoms with van der Waals surface area (Å²) >= 11 is 0. The minimum atomic E-state index is -0.823. The molecule has 14 heteroatoms. The summed E-state index contributed by atoms with van der Waals surface area (Å²) in [6.07, 6.45) is 0. The minimum absolute atomic E-state index is 0.0321. The monoisotopic (exact) mass is 749 g/mol. The molecule has 6 rings (SSSR count). The standard InChI is InChI=1S/C40H51N3O11/c1-47-16-25-53-38-26-30(2-7-35(38)43-12-14-48-17-19-50-21-23-52-24-22-51-20-18-49-15-13-43)40-33-5-3-31(42-10-8-41(9-11-42)29-39(45)46)27-36(33)54-37-28-32(44)4-6-34(37)40/h2-7,26-28H,8-25,29H2,1H3,(H,45,46). The normalized spacial score (nSPS) is 18.0. The van der Waals surface area contributed by atoms with Gasteiger partial charge in [-0.3, -0.25) is 14.5 Å². The molecule has 292 valence electrons. The maximum absolute atomic E-state index is 12.6. The highest BCUT2D eigenvalue weighted by atomic mass is 16.6. The summed E-state index contributed by atoms with van der Waals surface area (Å²) in [4.78, 5) is 30.2. The van der Waals surface area contributed by atoms with Crippen molar-refractivity contribution in [3.05, 3.63) is 64.8 Å². The average Bonchev–Trinajstić information content (AvgIpc) is 3.17. The van der Waals surface area contributed by atoms with Gasteiger partial charge in [0.15, 0.2) is 5.43 Å². The van der Waals surface area contributed by atoms with Crippen LogP contribution in [0.2, 0.25) is 0 Å². The van der Waals surface area contributed by atoms with Crippen molar-refractivity contribution in [3.63, 3.8) is 0 Å². The molecule has 2 aromatic carbocycles. The first-order valence-electron chi connectivity index (χ1n) is 18.6. The van der Waals surface area contributed by atoms with Crippen molar-refractivity contribution in [3.8, 4) is 28.2 Å². The summed E-state index contributed by atoms with van der Waals surface area (Å²) in [5, 5.41) is 10.1. The summed E-state index contributed by atoms with van der Waals surface area (Å²) < 4.78 is 46.9. The summed E-state index contributed by atoms with van der Waals surface area (Å²) in [5.74, 6) is 0.343. The number of anilines is 2. The highest BCUT2D eigenvalue weighted by molar-refractivity contribution is 6.03. The van der Waals surface area contributed by atoms with Crippen molar-refractivity contribution in [2.45, 2.75) is 0 Å². The van der Waals surface area contributed by atoms with Crippen molar-refractivity contribution in [2.75, 3.05) is 142 Å². The number of benzene rings is 3. The van der Waals surface area contributed by atoms with Gasteiger partial charge in [-0.25, -0.2) is 0 Å². The second-order valence-corrected chi connectivity index (χ2v) is 13.0. The quantitative estimate of drug-likeness (QED) is 0.196. The van der Waals surface area contributed by atoms with Gasteiger partial charge in [0.05, 0.1) is 84.9 Å². The molecule has 14 nitrogen and oxygen atoms in total. The van der Waals surface area contributed by atoms with E-state index in [1.54, 1.807) is 13.2 Å². The Hall–Kier alpha value is -4.28. The fraction of sp³-hybridized carbons (Fsp3) is 0.500. The molecule has 3 heterocycles. The smallest absolute Gasteiger partial charge is 0.317 e. The molecule has 54 heavy (non-hydrogen) atoms. The van der Waals surface area contributed by atoms with Crippen LogP contribution in [0, 0.1) is 0 Å². The number of methoxy groups -OCH3 is 1. The topological polar surface area (TPSA) is 142 Å². The predicted molar refractivity (Wildman–Crippen MR) is 205 cm³/mol. The Kier molecular flexibility index (Phi) is 14.9. The van der Waals surface area contributed by atoms with Gasteiger partial charge in [0.1, 0.15) is 23.7 Å². The second-order valence-electron chi connectivity index (χ2n) is 13.0. The number of nitrogens with zero attached hydrogens (tertiary/aromatic N) is 3. The van der Waals surface area contributed by atoms with Gasteiger partial charge in [0.2, 0.25) is 0 Å². The van der Waals surface area contributed by atoms with Gasteiger partial charge in [-0.2, -0.15) is 0 Å². The average molecular weight is 750 g/mol. The SMILES string of the molecule is COCCOc1cc(-c2c3ccc(=O)cc-3oc3cc(N4CCN(CC(=O)O)CC4)ccc23)ccc1N1CCOCCOCCOCCOCCOCC1. The van der Waals surface area contributed by atoms with Crippen LogP contribution in [0.4, 0.5) is 11.4 Å². The van der Waals surface area contributed by atoms with Crippen molar-refractivity contribution >= 4 is 28.3 Å². The number of carboxylic acids is 1. The number of hydrogen-bond donors (Lipinski definition) is 1. The first kappa shape index (κ1) is 39.4. The molecule has 0 saturated carbocycles.